The molecule has 0 fully saturated rings. The summed E-state index contributed by atoms with van der Waals surface area (Å²) in [6.45, 7) is 3.91. The zero-order valence-electron chi connectivity index (χ0n) is 19.5. The molecule has 3 aromatic carbocycles. The average molecular weight is 557 g/mol. The van der Waals surface area contributed by atoms with Gasteiger partial charge in [0.1, 0.15) is 0 Å². The monoisotopic (exact) mass is 555 g/mol. The van der Waals surface area contributed by atoms with E-state index in [4.69, 9.17) is 23.2 Å². The lowest BCUT2D eigenvalue weighted by Crippen LogP contribution is -2.24. The van der Waals surface area contributed by atoms with E-state index in [9.17, 15) is 9.59 Å². The minimum absolute atomic E-state index is 0.139. The van der Waals surface area contributed by atoms with Crippen molar-refractivity contribution in [3.05, 3.63) is 93.3 Å². The SMILES string of the molecule is CCC(Sc1cccc(NC(=O)c2cccc(C)c2)c1)C(=O)Nc1nc(-c2ccc(Cl)cc2Cl)cs1. The van der Waals surface area contributed by atoms with E-state index in [2.05, 4.69) is 15.6 Å². The molecule has 0 aliphatic heterocycles. The first-order valence-electron chi connectivity index (χ1n) is 11.2. The van der Waals surface area contributed by atoms with Gasteiger partial charge in [0.15, 0.2) is 5.13 Å². The van der Waals surface area contributed by atoms with Crippen LogP contribution < -0.4 is 10.6 Å². The van der Waals surface area contributed by atoms with Gasteiger partial charge in [0.05, 0.1) is 16.0 Å². The number of benzene rings is 3. The van der Waals surface area contributed by atoms with Crippen molar-refractivity contribution in [1.29, 1.82) is 0 Å². The van der Waals surface area contributed by atoms with Crippen LogP contribution in [-0.2, 0) is 4.79 Å². The molecule has 1 heterocycles. The number of aromatic nitrogens is 1. The lowest BCUT2D eigenvalue weighted by molar-refractivity contribution is -0.115. The van der Waals surface area contributed by atoms with Gasteiger partial charge in [-0.1, -0.05) is 53.9 Å². The molecular formula is C27H23Cl2N3O2S2. The standard InChI is InChI=1S/C27H23Cl2N3O2S2/c1-3-24(26(34)32-27-31-23(15-35-27)21-11-10-18(28)13-22(21)29)36-20-9-5-8-19(14-20)30-25(33)17-7-4-6-16(2)12-17/h4-15,24H,3H2,1-2H3,(H,30,33)(H,31,32,34). The van der Waals surface area contributed by atoms with Gasteiger partial charge in [-0.2, -0.15) is 0 Å². The number of anilines is 2. The number of nitrogens with one attached hydrogen (secondary N) is 2. The highest BCUT2D eigenvalue weighted by atomic mass is 35.5. The van der Waals surface area contributed by atoms with Crippen LogP contribution in [0.5, 0.6) is 0 Å². The number of amides is 2. The molecule has 0 spiro atoms. The van der Waals surface area contributed by atoms with Gasteiger partial charge >= 0.3 is 0 Å². The van der Waals surface area contributed by atoms with Crippen molar-refractivity contribution >= 4 is 68.9 Å². The molecule has 0 aliphatic carbocycles. The van der Waals surface area contributed by atoms with E-state index in [0.29, 0.717) is 38.5 Å². The van der Waals surface area contributed by atoms with E-state index in [1.54, 1.807) is 24.3 Å². The van der Waals surface area contributed by atoms with E-state index in [-0.39, 0.29) is 17.1 Å². The van der Waals surface area contributed by atoms with Gasteiger partial charge in [-0.05, 0) is 61.9 Å². The number of hydrogen-bond donors (Lipinski definition) is 2. The molecule has 36 heavy (non-hydrogen) atoms. The van der Waals surface area contributed by atoms with E-state index in [1.807, 2.05) is 61.7 Å². The summed E-state index contributed by atoms with van der Waals surface area (Å²) in [6, 6.07) is 20.1. The van der Waals surface area contributed by atoms with Gasteiger partial charge in [-0.15, -0.1) is 23.1 Å². The van der Waals surface area contributed by atoms with Crippen LogP contribution in [0.15, 0.2) is 77.0 Å². The van der Waals surface area contributed by atoms with Gasteiger partial charge in [-0.25, -0.2) is 4.98 Å². The second-order valence-corrected chi connectivity index (χ2v) is 11.0. The second kappa shape index (κ2) is 11.9. The summed E-state index contributed by atoms with van der Waals surface area (Å²) in [5, 5.41) is 8.91. The lowest BCUT2D eigenvalue weighted by Gasteiger charge is -2.14. The molecule has 0 saturated heterocycles. The van der Waals surface area contributed by atoms with Crippen LogP contribution in [-0.4, -0.2) is 22.0 Å². The minimum Gasteiger partial charge on any atom is -0.322 e. The van der Waals surface area contributed by atoms with Gasteiger partial charge in [0.25, 0.3) is 5.91 Å². The minimum atomic E-state index is -0.334. The van der Waals surface area contributed by atoms with Crippen molar-refractivity contribution in [2.24, 2.45) is 0 Å². The molecule has 0 aliphatic rings. The molecule has 9 heteroatoms. The fourth-order valence-electron chi connectivity index (χ4n) is 3.46. The fraction of sp³-hybridized carbons (Fsp3) is 0.148. The van der Waals surface area contributed by atoms with Crippen LogP contribution in [0.3, 0.4) is 0 Å². The van der Waals surface area contributed by atoms with Crippen molar-refractivity contribution in [3.63, 3.8) is 0 Å². The molecule has 0 saturated carbocycles. The summed E-state index contributed by atoms with van der Waals surface area (Å²) in [7, 11) is 0. The van der Waals surface area contributed by atoms with Crippen molar-refractivity contribution in [2.75, 3.05) is 10.6 Å². The number of nitrogens with zero attached hydrogens (tertiary/aromatic N) is 1. The van der Waals surface area contributed by atoms with Crippen LogP contribution in [0.2, 0.25) is 10.0 Å². The topological polar surface area (TPSA) is 71.1 Å². The molecule has 4 rings (SSSR count). The van der Waals surface area contributed by atoms with Gasteiger partial charge in [-0.3, -0.25) is 9.59 Å². The Morgan fingerprint density at radius 2 is 1.83 bits per heavy atom. The molecule has 1 unspecified atom stereocenters. The Balaban J connectivity index is 1.41. The average Bonchev–Trinajstić information content (AvgIpc) is 3.30. The molecule has 1 atom stereocenters. The number of thiazole rings is 1. The van der Waals surface area contributed by atoms with Crippen molar-refractivity contribution < 1.29 is 9.59 Å². The predicted octanol–water partition coefficient (Wildman–Crippen LogP) is 8.19. The van der Waals surface area contributed by atoms with Gasteiger partial charge in [0.2, 0.25) is 5.91 Å². The number of carbonyl (C=O) groups excluding carboxylic acids is 2. The Morgan fingerprint density at radius 3 is 2.58 bits per heavy atom. The highest BCUT2D eigenvalue weighted by Gasteiger charge is 2.20. The molecule has 184 valence electrons. The Labute approximate surface area is 228 Å². The summed E-state index contributed by atoms with van der Waals surface area (Å²) in [5.74, 6) is -0.314. The van der Waals surface area contributed by atoms with Crippen molar-refractivity contribution in [3.8, 4) is 11.3 Å². The van der Waals surface area contributed by atoms with Crippen LogP contribution in [0, 0.1) is 6.92 Å². The quantitative estimate of drug-likeness (QED) is 0.215. The first-order valence-corrected chi connectivity index (χ1v) is 13.7. The van der Waals surface area contributed by atoms with E-state index >= 15 is 0 Å². The third-order valence-corrected chi connectivity index (χ3v) is 7.92. The molecule has 2 amide bonds. The highest BCUT2D eigenvalue weighted by molar-refractivity contribution is 8.00. The summed E-state index contributed by atoms with van der Waals surface area (Å²) in [5.41, 5.74) is 3.72. The second-order valence-electron chi connectivity index (χ2n) is 8.02. The van der Waals surface area contributed by atoms with Crippen LogP contribution in [0.4, 0.5) is 10.8 Å². The lowest BCUT2D eigenvalue weighted by atomic mass is 10.1. The van der Waals surface area contributed by atoms with Crippen LogP contribution in [0.25, 0.3) is 11.3 Å². The molecule has 1 aromatic heterocycles. The number of halogens is 2. The predicted molar refractivity (Wildman–Crippen MR) is 152 cm³/mol. The smallest absolute Gasteiger partial charge is 0.255 e. The highest BCUT2D eigenvalue weighted by Crippen LogP contribution is 2.33. The largest absolute Gasteiger partial charge is 0.322 e. The first-order chi connectivity index (χ1) is 17.3. The molecule has 2 N–H and O–H groups in total. The Morgan fingerprint density at radius 1 is 1.03 bits per heavy atom. The Bertz CT molecular complexity index is 1410. The van der Waals surface area contributed by atoms with Crippen LogP contribution in [0.1, 0.15) is 29.3 Å². The number of carbonyl (C=O) groups is 2. The van der Waals surface area contributed by atoms with E-state index in [0.717, 1.165) is 16.0 Å². The first kappa shape index (κ1) is 26.2. The molecule has 0 radical (unpaired) electrons. The summed E-state index contributed by atoms with van der Waals surface area (Å²) in [6.07, 6.45) is 0.623. The van der Waals surface area contributed by atoms with Crippen LogP contribution >= 0.6 is 46.3 Å². The number of rotatable bonds is 8. The summed E-state index contributed by atoms with van der Waals surface area (Å²) >= 11 is 15.1. The van der Waals surface area contributed by atoms with Crippen molar-refractivity contribution in [2.45, 2.75) is 30.4 Å². The summed E-state index contributed by atoms with van der Waals surface area (Å²) in [4.78, 5) is 31.0. The number of hydrogen-bond acceptors (Lipinski definition) is 5. The maximum absolute atomic E-state index is 13.0. The molecule has 0 bridgehead atoms. The fourth-order valence-corrected chi connectivity index (χ4v) is 5.69. The zero-order valence-corrected chi connectivity index (χ0v) is 22.7. The number of aryl methyl sites for hydroxylation is 1. The third kappa shape index (κ3) is 6.68. The van der Waals surface area contributed by atoms with E-state index in [1.165, 1.54) is 23.1 Å². The zero-order chi connectivity index (χ0) is 25.7. The normalized spacial score (nSPS) is 11.7. The van der Waals surface area contributed by atoms with Gasteiger partial charge < -0.3 is 10.6 Å². The van der Waals surface area contributed by atoms with Crippen molar-refractivity contribution in [1.82, 2.24) is 4.98 Å². The summed E-state index contributed by atoms with van der Waals surface area (Å²) < 4.78 is 0. The third-order valence-electron chi connectivity index (χ3n) is 5.26. The number of thioether (sulfide) groups is 1. The maximum Gasteiger partial charge on any atom is 0.255 e. The Kier molecular flexibility index (Phi) is 8.69. The molecular weight excluding hydrogens is 533 g/mol. The Hall–Kier alpha value is -2.84. The molecule has 5 nitrogen and oxygen atoms in total. The van der Waals surface area contributed by atoms with Gasteiger partial charge in [0, 0.05) is 32.1 Å². The maximum atomic E-state index is 13.0. The van der Waals surface area contributed by atoms with E-state index < -0.39 is 0 Å². The molecule has 4 aromatic rings.